The van der Waals surface area contributed by atoms with Crippen LogP contribution in [0.15, 0.2) is 0 Å². The summed E-state index contributed by atoms with van der Waals surface area (Å²) >= 11 is 0. The smallest absolute Gasteiger partial charge is 0.0581 e. The van der Waals surface area contributed by atoms with Crippen molar-refractivity contribution in [1.82, 2.24) is 0 Å². The molecule has 0 aromatic carbocycles. The first-order valence-corrected chi connectivity index (χ1v) is 10.8. The highest BCUT2D eigenvalue weighted by Crippen LogP contribution is 2.67. The number of rotatable bonds is 3. The van der Waals surface area contributed by atoms with Crippen LogP contribution in [0.2, 0.25) is 0 Å². The van der Waals surface area contributed by atoms with Crippen molar-refractivity contribution < 1.29 is 14.9 Å². The quantitative estimate of drug-likeness (QED) is 0.808. The molecule has 4 aliphatic rings. The Labute approximate surface area is 153 Å². The van der Waals surface area contributed by atoms with Gasteiger partial charge >= 0.3 is 0 Å². The molecule has 9 atom stereocenters. The fraction of sp³-hybridized carbons (Fsp3) is 1.00. The van der Waals surface area contributed by atoms with Crippen LogP contribution in [0.25, 0.3) is 0 Å². The lowest BCUT2D eigenvalue weighted by Crippen LogP contribution is -2.59. The first-order chi connectivity index (χ1) is 11.9. The Bertz CT molecular complexity index is 494. The summed E-state index contributed by atoms with van der Waals surface area (Å²) in [4.78, 5) is 0. The average Bonchev–Trinajstić information content (AvgIpc) is 2.90. The van der Waals surface area contributed by atoms with Crippen LogP contribution in [0.5, 0.6) is 0 Å². The van der Waals surface area contributed by atoms with Gasteiger partial charge in [0.25, 0.3) is 0 Å². The molecular weight excluding hydrogens is 312 g/mol. The zero-order valence-corrected chi connectivity index (χ0v) is 16.4. The van der Waals surface area contributed by atoms with Crippen LogP contribution in [-0.2, 0) is 4.74 Å². The number of fused-ring (bicyclic) bond motifs is 5. The van der Waals surface area contributed by atoms with Crippen molar-refractivity contribution in [2.45, 2.75) is 83.8 Å². The van der Waals surface area contributed by atoms with Gasteiger partial charge in [0.2, 0.25) is 0 Å². The predicted molar refractivity (Wildman–Crippen MR) is 99.1 cm³/mol. The van der Waals surface area contributed by atoms with Gasteiger partial charge in [-0.15, -0.1) is 0 Å². The molecule has 0 spiro atoms. The van der Waals surface area contributed by atoms with Gasteiger partial charge in [0.05, 0.1) is 12.2 Å². The molecule has 144 valence electrons. The highest BCUT2D eigenvalue weighted by atomic mass is 16.5. The molecule has 0 bridgehead atoms. The minimum Gasteiger partial charge on any atom is -0.396 e. The number of aliphatic hydroxyl groups is 2. The Balaban J connectivity index is 1.61. The fourth-order valence-corrected chi connectivity index (χ4v) is 8.29. The lowest BCUT2D eigenvalue weighted by Gasteiger charge is -2.62. The molecule has 0 amide bonds. The summed E-state index contributed by atoms with van der Waals surface area (Å²) in [5, 5.41) is 20.8. The van der Waals surface area contributed by atoms with Gasteiger partial charge in [-0.3, -0.25) is 0 Å². The molecule has 4 rings (SSSR count). The van der Waals surface area contributed by atoms with Gasteiger partial charge in [0, 0.05) is 13.7 Å². The number of hydrogen-bond acceptors (Lipinski definition) is 3. The highest BCUT2D eigenvalue weighted by Gasteiger charge is 2.62. The zero-order chi connectivity index (χ0) is 17.8. The van der Waals surface area contributed by atoms with E-state index >= 15 is 0 Å². The van der Waals surface area contributed by atoms with Gasteiger partial charge in [-0.05, 0) is 98.2 Å². The largest absolute Gasteiger partial charge is 0.396 e. The van der Waals surface area contributed by atoms with E-state index < -0.39 is 0 Å². The van der Waals surface area contributed by atoms with Gasteiger partial charge in [-0.25, -0.2) is 0 Å². The SMILES string of the molecule is COC1CC[C@@]2(C)C(CC[C@@H]3[C@@H]2[C@@H](O)C[C@]2(C)[C@@H](CCO)CC[C@@H]32)C1. The van der Waals surface area contributed by atoms with Gasteiger partial charge < -0.3 is 14.9 Å². The van der Waals surface area contributed by atoms with Crippen molar-refractivity contribution in [3.05, 3.63) is 0 Å². The number of methoxy groups -OCH3 is 1. The normalized spacial score (nSPS) is 55.3. The van der Waals surface area contributed by atoms with E-state index in [-0.39, 0.29) is 11.5 Å². The number of ether oxygens (including phenoxy) is 1. The molecule has 0 heterocycles. The van der Waals surface area contributed by atoms with Gasteiger partial charge in [-0.2, -0.15) is 0 Å². The molecule has 4 aliphatic carbocycles. The van der Waals surface area contributed by atoms with E-state index in [9.17, 15) is 10.2 Å². The Morgan fingerprint density at radius 3 is 2.56 bits per heavy atom. The average molecular weight is 351 g/mol. The topological polar surface area (TPSA) is 49.7 Å². The van der Waals surface area contributed by atoms with Crippen molar-refractivity contribution in [2.24, 2.45) is 40.4 Å². The van der Waals surface area contributed by atoms with Crippen LogP contribution >= 0.6 is 0 Å². The summed E-state index contributed by atoms with van der Waals surface area (Å²) in [6.45, 7) is 5.22. The maximum Gasteiger partial charge on any atom is 0.0581 e. The van der Waals surface area contributed by atoms with E-state index in [1.165, 1.54) is 38.5 Å². The van der Waals surface area contributed by atoms with E-state index in [4.69, 9.17) is 4.74 Å². The third-order valence-corrected chi connectivity index (χ3v) is 9.55. The third kappa shape index (κ3) is 2.63. The number of aliphatic hydroxyl groups excluding tert-OH is 2. The zero-order valence-electron chi connectivity index (χ0n) is 16.4. The van der Waals surface area contributed by atoms with Crippen molar-refractivity contribution >= 4 is 0 Å². The molecule has 0 aromatic rings. The maximum atomic E-state index is 11.3. The Morgan fingerprint density at radius 1 is 1.04 bits per heavy atom. The second-order valence-electron chi connectivity index (χ2n) is 10.3. The van der Waals surface area contributed by atoms with E-state index in [2.05, 4.69) is 13.8 Å². The van der Waals surface area contributed by atoms with E-state index in [0.717, 1.165) is 31.1 Å². The standard InChI is InChI=1S/C22H38O3/c1-21-10-8-16(25-3)12-15(21)4-6-17-18-7-5-14(9-11-23)22(18,2)13-19(24)20(17)21/h14-20,23-24H,4-13H2,1-3H3/t14-,15?,16?,17+,18+,19+,20-,21+,22-/m1/s1. The molecule has 4 fully saturated rings. The third-order valence-electron chi connectivity index (χ3n) is 9.55. The summed E-state index contributed by atoms with van der Waals surface area (Å²) in [5.74, 6) is 3.26. The Kier molecular flexibility index (Phi) is 4.74. The minimum absolute atomic E-state index is 0.155. The second-order valence-corrected chi connectivity index (χ2v) is 10.3. The summed E-state index contributed by atoms with van der Waals surface area (Å²) in [5.41, 5.74) is 0.546. The molecule has 25 heavy (non-hydrogen) atoms. The number of hydrogen-bond donors (Lipinski definition) is 2. The molecule has 0 saturated heterocycles. The molecule has 0 aromatic heterocycles. The van der Waals surface area contributed by atoms with E-state index in [1.54, 1.807) is 0 Å². The van der Waals surface area contributed by atoms with E-state index in [0.29, 0.717) is 35.9 Å². The van der Waals surface area contributed by atoms with Crippen LogP contribution in [0.1, 0.15) is 71.6 Å². The highest BCUT2D eigenvalue weighted by molar-refractivity contribution is 5.11. The van der Waals surface area contributed by atoms with Crippen LogP contribution in [-0.4, -0.2) is 36.1 Å². The molecule has 0 radical (unpaired) electrons. The minimum atomic E-state index is -0.155. The first-order valence-electron chi connectivity index (χ1n) is 10.8. The predicted octanol–water partition coefficient (Wildman–Crippen LogP) is 4.01. The lowest BCUT2D eigenvalue weighted by molar-refractivity contribution is -0.179. The van der Waals surface area contributed by atoms with Crippen molar-refractivity contribution in [3.8, 4) is 0 Å². The monoisotopic (exact) mass is 350 g/mol. The molecule has 4 saturated carbocycles. The van der Waals surface area contributed by atoms with Crippen LogP contribution in [0.3, 0.4) is 0 Å². The first kappa shape index (κ1) is 18.3. The molecule has 0 aliphatic heterocycles. The van der Waals surface area contributed by atoms with Gasteiger partial charge in [0.1, 0.15) is 0 Å². The van der Waals surface area contributed by atoms with Crippen LogP contribution in [0.4, 0.5) is 0 Å². The second kappa shape index (κ2) is 6.49. The molecular formula is C22H38O3. The molecule has 2 N–H and O–H groups in total. The van der Waals surface area contributed by atoms with Crippen molar-refractivity contribution in [1.29, 1.82) is 0 Å². The lowest BCUT2D eigenvalue weighted by atomic mass is 9.44. The van der Waals surface area contributed by atoms with Crippen LogP contribution in [0, 0.1) is 40.4 Å². The van der Waals surface area contributed by atoms with Gasteiger partial charge in [-0.1, -0.05) is 13.8 Å². The molecule has 2 unspecified atom stereocenters. The van der Waals surface area contributed by atoms with Gasteiger partial charge in [0.15, 0.2) is 0 Å². The Morgan fingerprint density at radius 2 is 1.84 bits per heavy atom. The fourth-order valence-electron chi connectivity index (χ4n) is 8.29. The van der Waals surface area contributed by atoms with Crippen molar-refractivity contribution in [3.63, 3.8) is 0 Å². The van der Waals surface area contributed by atoms with E-state index in [1.807, 2.05) is 7.11 Å². The van der Waals surface area contributed by atoms with Crippen LogP contribution < -0.4 is 0 Å². The van der Waals surface area contributed by atoms with Crippen molar-refractivity contribution in [2.75, 3.05) is 13.7 Å². The summed E-state index contributed by atoms with van der Waals surface area (Å²) in [6.07, 6.45) is 10.9. The molecule has 3 nitrogen and oxygen atoms in total. The summed E-state index contributed by atoms with van der Waals surface area (Å²) in [6, 6.07) is 0. The Hall–Kier alpha value is -0.120. The summed E-state index contributed by atoms with van der Waals surface area (Å²) < 4.78 is 5.69. The maximum absolute atomic E-state index is 11.3. The molecule has 3 heteroatoms. The summed E-state index contributed by atoms with van der Waals surface area (Å²) in [7, 11) is 1.86.